The van der Waals surface area contributed by atoms with Crippen molar-refractivity contribution in [3.63, 3.8) is 0 Å². The van der Waals surface area contributed by atoms with E-state index in [0.29, 0.717) is 13.2 Å². The molecular weight excluding hydrogens is 296 g/mol. The minimum Gasteiger partial charge on any atom is -0.337 e. The fourth-order valence-corrected chi connectivity index (χ4v) is 3.35. The Morgan fingerprint density at radius 1 is 0.727 bits per heavy atom. The first-order chi connectivity index (χ1) is 10.9. The second kappa shape index (κ2) is 5.68. The van der Waals surface area contributed by atoms with Crippen LogP contribution < -0.4 is 0 Å². The summed E-state index contributed by atoms with van der Waals surface area (Å²) in [5.41, 5.74) is 3.51. The lowest BCUT2D eigenvalue weighted by Gasteiger charge is -2.32. The van der Waals surface area contributed by atoms with Gasteiger partial charge in [0.15, 0.2) is 0 Å². The van der Waals surface area contributed by atoms with E-state index in [9.17, 15) is 0 Å². The van der Waals surface area contributed by atoms with Gasteiger partial charge in [0.2, 0.25) is 0 Å². The smallest absolute Gasteiger partial charge is 0.260 e. The molecule has 0 amide bonds. The lowest BCUT2D eigenvalue weighted by Crippen LogP contribution is -2.49. The second-order valence-corrected chi connectivity index (χ2v) is 5.54. The van der Waals surface area contributed by atoms with Crippen LogP contribution in [0.15, 0.2) is 69.5 Å². The largest absolute Gasteiger partial charge is 0.337 e. The zero-order chi connectivity index (χ0) is 14.8. The van der Waals surface area contributed by atoms with Crippen LogP contribution in [-0.2, 0) is 9.47 Å². The van der Waals surface area contributed by atoms with Crippen molar-refractivity contribution < 1.29 is 9.47 Å². The van der Waals surface area contributed by atoms with Crippen LogP contribution in [0.5, 0.6) is 0 Å². The first-order valence-electron chi connectivity index (χ1n) is 7.12. The second-order valence-electron chi connectivity index (χ2n) is 5.01. The summed E-state index contributed by atoms with van der Waals surface area (Å²) in [7, 11) is 0. The van der Waals surface area contributed by atoms with Crippen molar-refractivity contribution in [1.29, 1.82) is 0 Å². The highest BCUT2D eigenvalue weighted by molar-refractivity contribution is 7.97. The monoisotopic (exact) mass is 310 g/mol. The van der Waals surface area contributed by atoms with Gasteiger partial charge >= 0.3 is 0 Å². The molecule has 2 aromatic rings. The predicted octanol–water partition coefficient (Wildman–Crippen LogP) is 3.28. The zero-order valence-electron chi connectivity index (χ0n) is 11.8. The summed E-state index contributed by atoms with van der Waals surface area (Å²) >= 11 is 1.18. The molecule has 0 aromatic heterocycles. The molecule has 0 saturated carbocycles. The topological polar surface area (TPSA) is 43.2 Å². The number of hydrogen-bond donors (Lipinski definition) is 0. The number of benzene rings is 2. The zero-order valence-corrected chi connectivity index (χ0v) is 12.6. The van der Waals surface area contributed by atoms with Crippen LogP contribution in [0.25, 0.3) is 0 Å². The van der Waals surface area contributed by atoms with Crippen LogP contribution in [0.4, 0.5) is 0 Å². The molecule has 4 nitrogen and oxygen atoms in total. The molecule has 0 bridgehead atoms. The highest BCUT2D eigenvalue weighted by Gasteiger charge is 2.50. The Labute approximate surface area is 133 Å². The van der Waals surface area contributed by atoms with Gasteiger partial charge in [-0.3, -0.25) is 0 Å². The SMILES string of the molecule is c1ccc(C2=NSN=C(c3ccccc3)C23OCCO3)cc1. The number of hydrogen-bond acceptors (Lipinski definition) is 5. The molecule has 4 rings (SSSR count). The van der Waals surface area contributed by atoms with E-state index in [-0.39, 0.29) is 0 Å². The quantitative estimate of drug-likeness (QED) is 0.800. The van der Waals surface area contributed by atoms with Gasteiger partial charge in [-0.15, -0.1) is 0 Å². The van der Waals surface area contributed by atoms with Crippen molar-refractivity contribution in [2.75, 3.05) is 13.2 Å². The number of ether oxygens (including phenoxy) is 2. The summed E-state index contributed by atoms with van der Waals surface area (Å²) in [4.78, 5) is 0. The Bertz CT molecular complexity index is 665. The molecule has 2 aliphatic heterocycles. The van der Waals surface area contributed by atoms with Crippen molar-refractivity contribution in [2.45, 2.75) is 5.79 Å². The first-order valence-corrected chi connectivity index (χ1v) is 7.85. The van der Waals surface area contributed by atoms with Gasteiger partial charge in [-0.1, -0.05) is 60.7 Å². The van der Waals surface area contributed by atoms with Gasteiger partial charge in [0, 0.05) is 11.1 Å². The van der Waals surface area contributed by atoms with Gasteiger partial charge < -0.3 is 9.47 Å². The minimum atomic E-state index is -1.01. The van der Waals surface area contributed by atoms with E-state index in [2.05, 4.69) is 8.80 Å². The molecule has 110 valence electrons. The highest BCUT2D eigenvalue weighted by Crippen LogP contribution is 2.35. The maximum absolute atomic E-state index is 6.02. The molecular formula is C17H14N2O2S. The average molecular weight is 310 g/mol. The lowest BCUT2D eigenvalue weighted by atomic mass is 9.93. The molecule has 1 spiro atoms. The third kappa shape index (κ3) is 2.18. The molecule has 0 N–H and O–H groups in total. The average Bonchev–Trinajstić information content (AvgIpc) is 3.06. The Hall–Kier alpha value is -1.95. The Balaban J connectivity index is 1.83. The van der Waals surface area contributed by atoms with Crippen LogP contribution in [0, 0.1) is 0 Å². The Kier molecular flexibility index (Phi) is 3.54. The molecule has 5 heteroatoms. The van der Waals surface area contributed by atoms with Crippen molar-refractivity contribution >= 4 is 23.6 Å². The van der Waals surface area contributed by atoms with Gasteiger partial charge in [-0.2, -0.15) is 8.80 Å². The first kappa shape index (κ1) is 13.7. The molecule has 2 aliphatic rings. The summed E-state index contributed by atoms with van der Waals surface area (Å²) in [5, 5.41) is 0. The Morgan fingerprint density at radius 3 is 1.64 bits per heavy atom. The molecule has 0 atom stereocenters. The van der Waals surface area contributed by atoms with Crippen LogP contribution in [0.2, 0.25) is 0 Å². The van der Waals surface area contributed by atoms with Crippen molar-refractivity contribution in [3.8, 4) is 0 Å². The number of nitrogens with zero attached hydrogens (tertiary/aromatic N) is 2. The van der Waals surface area contributed by atoms with E-state index < -0.39 is 5.79 Å². The molecule has 0 radical (unpaired) electrons. The van der Waals surface area contributed by atoms with Crippen LogP contribution in [0.3, 0.4) is 0 Å². The maximum atomic E-state index is 6.02. The van der Waals surface area contributed by atoms with Gasteiger partial charge in [0.25, 0.3) is 5.79 Å². The third-order valence-corrected chi connectivity index (χ3v) is 4.20. The highest BCUT2D eigenvalue weighted by atomic mass is 32.2. The van der Waals surface area contributed by atoms with Gasteiger partial charge in [-0.25, -0.2) is 0 Å². The van der Waals surface area contributed by atoms with E-state index in [1.165, 1.54) is 12.1 Å². The third-order valence-electron chi connectivity index (χ3n) is 3.68. The molecule has 1 fully saturated rings. The molecule has 1 saturated heterocycles. The predicted molar refractivity (Wildman–Crippen MR) is 88.2 cm³/mol. The molecule has 22 heavy (non-hydrogen) atoms. The van der Waals surface area contributed by atoms with Crippen molar-refractivity contribution in [2.24, 2.45) is 8.80 Å². The summed E-state index contributed by atoms with van der Waals surface area (Å²) in [6.07, 6.45) is 0. The normalized spacial score (nSPS) is 19.8. The van der Waals surface area contributed by atoms with Gasteiger partial charge in [-0.05, 0) is 0 Å². The summed E-state index contributed by atoms with van der Waals surface area (Å²) < 4.78 is 21.0. The molecule has 0 aliphatic carbocycles. The molecule has 2 heterocycles. The maximum Gasteiger partial charge on any atom is 0.260 e. The summed E-state index contributed by atoms with van der Waals surface area (Å²) in [6, 6.07) is 20.0. The van der Waals surface area contributed by atoms with Crippen LogP contribution in [0.1, 0.15) is 11.1 Å². The van der Waals surface area contributed by atoms with Crippen LogP contribution >= 0.6 is 12.1 Å². The van der Waals surface area contributed by atoms with Crippen LogP contribution in [-0.4, -0.2) is 30.4 Å². The fraction of sp³-hybridized carbons (Fsp3) is 0.176. The standard InChI is InChI=1S/C17H14N2O2S/c1-3-7-13(8-4-1)15-17(20-11-12-21-17)16(19-22-18-15)14-9-5-2-6-10-14/h1-10H,11-12H2. The number of rotatable bonds is 2. The Morgan fingerprint density at radius 2 is 1.18 bits per heavy atom. The van der Waals surface area contributed by atoms with E-state index >= 15 is 0 Å². The van der Waals surface area contributed by atoms with Crippen molar-refractivity contribution in [1.82, 2.24) is 0 Å². The fourth-order valence-electron chi connectivity index (χ4n) is 2.70. The van der Waals surface area contributed by atoms with E-state index in [0.717, 1.165) is 22.6 Å². The summed E-state index contributed by atoms with van der Waals surface area (Å²) in [5.74, 6) is -1.01. The van der Waals surface area contributed by atoms with Gasteiger partial charge in [0.1, 0.15) is 23.6 Å². The molecule has 0 unspecified atom stereocenters. The van der Waals surface area contributed by atoms with E-state index in [1.807, 2.05) is 60.7 Å². The van der Waals surface area contributed by atoms with E-state index in [4.69, 9.17) is 9.47 Å². The van der Waals surface area contributed by atoms with Gasteiger partial charge in [0.05, 0.1) is 13.2 Å². The molecule has 2 aromatic carbocycles. The van der Waals surface area contributed by atoms with Crippen molar-refractivity contribution in [3.05, 3.63) is 71.8 Å². The minimum absolute atomic E-state index is 0.530. The lowest BCUT2D eigenvalue weighted by molar-refractivity contribution is -0.0379. The van der Waals surface area contributed by atoms with E-state index in [1.54, 1.807) is 0 Å². The summed E-state index contributed by atoms with van der Waals surface area (Å²) in [6.45, 7) is 1.06.